The summed E-state index contributed by atoms with van der Waals surface area (Å²) in [5.74, 6) is 1.76. The van der Waals surface area contributed by atoms with Crippen LogP contribution in [0.4, 0.5) is 0 Å². The van der Waals surface area contributed by atoms with Gasteiger partial charge in [0, 0.05) is 22.7 Å². The van der Waals surface area contributed by atoms with E-state index in [2.05, 4.69) is 4.98 Å². The van der Waals surface area contributed by atoms with Crippen molar-refractivity contribution >= 4 is 28.4 Å². The highest BCUT2D eigenvalue weighted by Crippen LogP contribution is 2.25. The number of Topliss-reactive ketones (excluding diaryl/α,β-unsaturated/α-hetero) is 1. The second-order valence-electron chi connectivity index (χ2n) is 4.64. The molecule has 0 radical (unpaired) electrons. The Kier molecular flexibility index (Phi) is 3.65. The minimum atomic E-state index is -0.0979. The first-order valence-electron chi connectivity index (χ1n) is 6.50. The summed E-state index contributed by atoms with van der Waals surface area (Å²) >= 11 is 1.59. The molecule has 3 nitrogen and oxygen atoms in total. The van der Waals surface area contributed by atoms with Gasteiger partial charge >= 0.3 is 0 Å². The fourth-order valence-corrected chi connectivity index (χ4v) is 3.03. The number of carbonyl (C=O) groups is 1. The van der Waals surface area contributed by atoms with E-state index >= 15 is 0 Å². The molecule has 2 heterocycles. The Morgan fingerprint density at radius 2 is 2.15 bits per heavy atom. The number of thioether (sulfide) groups is 1. The first-order chi connectivity index (χ1) is 9.75. The summed E-state index contributed by atoms with van der Waals surface area (Å²) in [5.41, 5.74) is 1.76. The number of benzene rings is 1. The second kappa shape index (κ2) is 5.59. The van der Waals surface area contributed by atoms with Crippen molar-refractivity contribution in [3.8, 4) is 0 Å². The standard InChI is InChI=1S/C16H15NO2S/c1-11(20-10-12-5-4-8-19-12)16(18)14-9-17-15-7-3-2-6-13(14)15/h2-9,11,17H,10H2,1H3/t11-/m0/s1. The molecule has 1 atom stereocenters. The van der Waals surface area contributed by atoms with E-state index in [1.54, 1.807) is 24.2 Å². The zero-order valence-electron chi connectivity index (χ0n) is 11.1. The molecule has 2 aromatic heterocycles. The molecule has 20 heavy (non-hydrogen) atoms. The normalized spacial score (nSPS) is 12.7. The van der Waals surface area contributed by atoms with E-state index in [1.165, 1.54) is 0 Å². The van der Waals surface area contributed by atoms with Crippen molar-refractivity contribution in [3.63, 3.8) is 0 Å². The number of furan rings is 1. The van der Waals surface area contributed by atoms with Crippen molar-refractivity contribution in [3.05, 3.63) is 60.2 Å². The lowest BCUT2D eigenvalue weighted by atomic mass is 10.1. The predicted octanol–water partition coefficient (Wildman–Crippen LogP) is 4.27. The number of aromatic nitrogens is 1. The van der Waals surface area contributed by atoms with Gasteiger partial charge in [0.2, 0.25) is 0 Å². The van der Waals surface area contributed by atoms with Crippen LogP contribution in [0.25, 0.3) is 10.9 Å². The van der Waals surface area contributed by atoms with Gasteiger partial charge in [0.15, 0.2) is 5.78 Å². The fourth-order valence-electron chi connectivity index (χ4n) is 2.17. The van der Waals surface area contributed by atoms with Crippen molar-refractivity contribution in [1.29, 1.82) is 0 Å². The molecule has 4 heteroatoms. The number of H-pyrrole nitrogens is 1. The molecule has 102 valence electrons. The van der Waals surface area contributed by atoms with Crippen LogP contribution in [0.5, 0.6) is 0 Å². The van der Waals surface area contributed by atoms with Gasteiger partial charge in [-0.25, -0.2) is 0 Å². The Balaban J connectivity index is 1.74. The molecule has 0 unspecified atom stereocenters. The number of ketones is 1. The maximum Gasteiger partial charge on any atom is 0.177 e. The van der Waals surface area contributed by atoms with Crippen molar-refractivity contribution < 1.29 is 9.21 Å². The highest BCUT2D eigenvalue weighted by atomic mass is 32.2. The number of aromatic amines is 1. The lowest BCUT2D eigenvalue weighted by Gasteiger charge is -2.08. The Morgan fingerprint density at radius 3 is 2.95 bits per heavy atom. The number of para-hydroxylation sites is 1. The zero-order chi connectivity index (χ0) is 13.9. The van der Waals surface area contributed by atoms with Crippen LogP contribution in [-0.4, -0.2) is 16.0 Å². The molecule has 0 aliphatic heterocycles. The van der Waals surface area contributed by atoms with E-state index in [-0.39, 0.29) is 11.0 Å². The molecular weight excluding hydrogens is 270 g/mol. The van der Waals surface area contributed by atoms with Gasteiger partial charge in [-0.05, 0) is 25.1 Å². The van der Waals surface area contributed by atoms with Crippen LogP contribution in [0, 0.1) is 0 Å². The minimum Gasteiger partial charge on any atom is -0.468 e. The number of hydrogen-bond acceptors (Lipinski definition) is 3. The largest absolute Gasteiger partial charge is 0.468 e. The molecule has 0 saturated carbocycles. The first kappa shape index (κ1) is 13.1. The number of hydrogen-bond donors (Lipinski definition) is 1. The minimum absolute atomic E-state index is 0.0979. The van der Waals surface area contributed by atoms with Crippen molar-refractivity contribution in [2.45, 2.75) is 17.9 Å². The average Bonchev–Trinajstić information content (AvgIpc) is 3.13. The SMILES string of the molecule is C[C@H](SCc1ccco1)C(=O)c1c[nH]c2ccccc12. The summed E-state index contributed by atoms with van der Waals surface area (Å²) in [5, 5.41) is 0.891. The summed E-state index contributed by atoms with van der Waals surface area (Å²) in [6, 6.07) is 11.7. The predicted molar refractivity (Wildman–Crippen MR) is 82.1 cm³/mol. The third-order valence-corrected chi connectivity index (χ3v) is 4.44. The third kappa shape index (κ3) is 2.51. The number of fused-ring (bicyclic) bond motifs is 1. The van der Waals surface area contributed by atoms with Gasteiger partial charge in [0.05, 0.1) is 17.3 Å². The van der Waals surface area contributed by atoms with Crippen molar-refractivity contribution in [2.75, 3.05) is 0 Å². The summed E-state index contributed by atoms with van der Waals surface area (Å²) < 4.78 is 5.29. The first-order valence-corrected chi connectivity index (χ1v) is 7.55. The molecule has 0 aliphatic rings. The lowest BCUT2D eigenvalue weighted by Crippen LogP contribution is -2.13. The smallest absolute Gasteiger partial charge is 0.177 e. The van der Waals surface area contributed by atoms with E-state index in [0.717, 1.165) is 22.2 Å². The Hall–Kier alpha value is -1.94. The Morgan fingerprint density at radius 1 is 1.30 bits per heavy atom. The molecule has 0 amide bonds. The molecule has 1 N–H and O–H groups in total. The van der Waals surface area contributed by atoms with Crippen molar-refractivity contribution in [1.82, 2.24) is 4.98 Å². The maximum atomic E-state index is 12.5. The van der Waals surface area contributed by atoms with Gasteiger partial charge < -0.3 is 9.40 Å². The molecule has 0 fully saturated rings. The number of nitrogens with one attached hydrogen (secondary N) is 1. The average molecular weight is 285 g/mol. The van der Waals surface area contributed by atoms with Crippen LogP contribution in [-0.2, 0) is 5.75 Å². The van der Waals surface area contributed by atoms with Crippen LogP contribution in [0.3, 0.4) is 0 Å². The maximum absolute atomic E-state index is 12.5. The summed E-state index contributed by atoms with van der Waals surface area (Å²) in [4.78, 5) is 15.7. The van der Waals surface area contributed by atoms with Crippen LogP contribution in [0.1, 0.15) is 23.0 Å². The summed E-state index contributed by atoms with van der Waals surface area (Å²) in [6.07, 6.45) is 3.46. The molecule has 0 spiro atoms. The van der Waals surface area contributed by atoms with E-state index in [4.69, 9.17) is 4.42 Å². The number of rotatable bonds is 5. The second-order valence-corrected chi connectivity index (χ2v) is 5.97. The van der Waals surface area contributed by atoms with Crippen LogP contribution in [0.15, 0.2) is 53.3 Å². The van der Waals surface area contributed by atoms with Gasteiger partial charge in [0.25, 0.3) is 0 Å². The molecule has 3 aromatic rings. The molecule has 0 saturated heterocycles. The Labute approximate surface area is 121 Å². The number of carbonyl (C=O) groups excluding carboxylic acids is 1. The van der Waals surface area contributed by atoms with Crippen LogP contribution < -0.4 is 0 Å². The van der Waals surface area contributed by atoms with E-state index < -0.39 is 0 Å². The molecule has 0 bridgehead atoms. The quantitative estimate of drug-likeness (QED) is 0.712. The zero-order valence-corrected chi connectivity index (χ0v) is 11.9. The van der Waals surface area contributed by atoms with Crippen LogP contribution in [0.2, 0.25) is 0 Å². The van der Waals surface area contributed by atoms with Gasteiger partial charge in [0.1, 0.15) is 5.76 Å². The molecule has 3 rings (SSSR count). The van der Waals surface area contributed by atoms with Crippen LogP contribution >= 0.6 is 11.8 Å². The van der Waals surface area contributed by atoms with Gasteiger partial charge in [-0.3, -0.25) is 4.79 Å². The fraction of sp³-hybridized carbons (Fsp3) is 0.188. The van der Waals surface area contributed by atoms with Gasteiger partial charge in [-0.1, -0.05) is 18.2 Å². The Bertz CT molecular complexity index is 715. The van der Waals surface area contributed by atoms with Gasteiger partial charge in [-0.2, -0.15) is 0 Å². The molecule has 1 aromatic carbocycles. The summed E-state index contributed by atoms with van der Waals surface area (Å²) in [6.45, 7) is 1.94. The molecular formula is C16H15NO2S. The van der Waals surface area contributed by atoms with Gasteiger partial charge in [-0.15, -0.1) is 11.8 Å². The van der Waals surface area contributed by atoms with E-state index in [9.17, 15) is 4.79 Å². The highest BCUT2D eigenvalue weighted by Gasteiger charge is 2.19. The monoisotopic (exact) mass is 285 g/mol. The molecule has 0 aliphatic carbocycles. The summed E-state index contributed by atoms with van der Waals surface area (Å²) in [7, 11) is 0. The third-order valence-electron chi connectivity index (χ3n) is 3.28. The topological polar surface area (TPSA) is 46.0 Å². The van der Waals surface area contributed by atoms with E-state index in [0.29, 0.717) is 5.75 Å². The highest BCUT2D eigenvalue weighted by molar-refractivity contribution is 7.99. The van der Waals surface area contributed by atoms with Crippen molar-refractivity contribution in [2.24, 2.45) is 0 Å². The lowest BCUT2D eigenvalue weighted by molar-refractivity contribution is 0.0995. The van der Waals surface area contributed by atoms with E-state index in [1.807, 2.05) is 43.3 Å².